The molecule has 104 valence electrons. The molecule has 0 radical (unpaired) electrons. The molecule has 0 unspecified atom stereocenters. The lowest BCUT2D eigenvalue weighted by Crippen LogP contribution is -2.34. The minimum atomic E-state index is 0.565. The predicted molar refractivity (Wildman–Crippen MR) is 82.1 cm³/mol. The average molecular weight is 267 g/mol. The molecule has 0 aromatic heterocycles. The Bertz CT molecular complexity index is 579. The van der Waals surface area contributed by atoms with E-state index in [1.807, 2.05) is 12.1 Å². The highest BCUT2D eigenvalue weighted by Gasteiger charge is 2.17. The van der Waals surface area contributed by atoms with Gasteiger partial charge in [0.05, 0.1) is 7.11 Å². The van der Waals surface area contributed by atoms with E-state index in [1.54, 1.807) is 7.11 Å². The molecule has 0 aliphatic heterocycles. The van der Waals surface area contributed by atoms with Crippen molar-refractivity contribution in [2.24, 2.45) is 0 Å². The highest BCUT2D eigenvalue weighted by Crippen LogP contribution is 2.22. The van der Waals surface area contributed by atoms with Crippen LogP contribution in [0, 0.1) is 0 Å². The number of ether oxygens (including phenoxy) is 1. The van der Waals surface area contributed by atoms with Crippen LogP contribution in [0.2, 0.25) is 0 Å². The Kier molecular flexibility index (Phi) is 4.03. The first-order chi connectivity index (χ1) is 9.86. The molecule has 2 heteroatoms. The lowest BCUT2D eigenvalue weighted by Gasteiger charge is -2.26. The first-order valence-electron chi connectivity index (χ1n) is 7.29. The molecule has 3 rings (SSSR count). The molecule has 0 bridgehead atoms. The standard InChI is InChI=1S/C18H21NO/c1-20-18-9-5-4-8-16(18)13-19-17-11-10-14-6-2-3-7-15(14)12-17/h2-9,17,19H,10-13H2,1H3/t17-/m0/s1. The van der Waals surface area contributed by atoms with Crippen molar-refractivity contribution in [1.82, 2.24) is 5.32 Å². The van der Waals surface area contributed by atoms with Gasteiger partial charge in [-0.05, 0) is 36.5 Å². The van der Waals surface area contributed by atoms with Crippen molar-refractivity contribution in [3.05, 3.63) is 65.2 Å². The smallest absolute Gasteiger partial charge is 0.123 e. The second kappa shape index (κ2) is 6.10. The summed E-state index contributed by atoms with van der Waals surface area (Å²) < 4.78 is 5.40. The topological polar surface area (TPSA) is 21.3 Å². The van der Waals surface area contributed by atoms with Crippen molar-refractivity contribution in [2.45, 2.75) is 31.8 Å². The molecule has 0 saturated heterocycles. The van der Waals surface area contributed by atoms with Crippen molar-refractivity contribution in [3.8, 4) is 5.75 Å². The number of fused-ring (bicyclic) bond motifs is 1. The third-order valence-corrected chi connectivity index (χ3v) is 4.12. The van der Waals surface area contributed by atoms with E-state index in [9.17, 15) is 0 Å². The van der Waals surface area contributed by atoms with E-state index in [-0.39, 0.29) is 0 Å². The maximum Gasteiger partial charge on any atom is 0.123 e. The van der Waals surface area contributed by atoms with Crippen molar-refractivity contribution in [3.63, 3.8) is 0 Å². The zero-order valence-electron chi connectivity index (χ0n) is 11.9. The summed E-state index contributed by atoms with van der Waals surface area (Å²) >= 11 is 0. The summed E-state index contributed by atoms with van der Waals surface area (Å²) in [6.07, 6.45) is 3.53. The highest BCUT2D eigenvalue weighted by molar-refractivity contribution is 5.33. The van der Waals surface area contributed by atoms with Crippen molar-refractivity contribution in [2.75, 3.05) is 7.11 Å². The molecule has 1 aliphatic rings. The monoisotopic (exact) mass is 267 g/mol. The molecule has 20 heavy (non-hydrogen) atoms. The normalized spacial score (nSPS) is 17.6. The zero-order valence-corrected chi connectivity index (χ0v) is 11.9. The van der Waals surface area contributed by atoms with Gasteiger partial charge in [-0.25, -0.2) is 0 Å². The van der Waals surface area contributed by atoms with Crippen LogP contribution >= 0.6 is 0 Å². The summed E-state index contributed by atoms with van der Waals surface area (Å²) in [7, 11) is 1.73. The fourth-order valence-electron chi connectivity index (χ4n) is 2.98. The van der Waals surface area contributed by atoms with Crippen LogP contribution in [0.4, 0.5) is 0 Å². The van der Waals surface area contributed by atoms with Gasteiger partial charge in [0.2, 0.25) is 0 Å². The molecule has 2 aromatic carbocycles. The second-order valence-corrected chi connectivity index (χ2v) is 5.40. The summed E-state index contributed by atoms with van der Waals surface area (Å²) in [6.45, 7) is 0.872. The first-order valence-corrected chi connectivity index (χ1v) is 7.29. The molecule has 1 N–H and O–H groups in total. The molecule has 0 spiro atoms. The van der Waals surface area contributed by atoms with Crippen molar-refractivity contribution >= 4 is 0 Å². The number of methoxy groups -OCH3 is 1. The van der Waals surface area contributed by atoms with Crippen LogP contribution in [0.15, 0.2) is 48.5 Å². The Morgan fingerprint density at radius 1 is 1.05 bits per heavy atom. The van der Waals surface area contributed by atoms with E-state index in [0.717, 1.165) is 18.7 Å². The lowest BCUT2D eigenvalue weighted by atomic mass is 9.88. The maximum atomic E-state index is 5.40. The van der Waals surface area contributed by atoms with E-state index < -0.39 is 0 Å². The van der Waals surface area contributed by atoms with E-state index in [2.05, 4.69) is 41.7 Å². The Hall–Kier alpha value is -1.80. The highest BCUT2D eigenvalue weighted by atomic mass is 16.5. The Morgan fingerprint density at radius 2 is 1.80 bits per heavy atom. The van der Waals surface area contributed by atoms with Gasteiger partial charge in [0.25, 0.3) is 0 Å². The van der Waals surface area contributed by atoms with Crippen LogP contribution in [-0.4, -0.2) is 13.2 Å². The molecule has 2 aromatic rings. The maximum absolute atomic E-state index is 5.40. The first kappa shape index (κ1) is 13.2. The number of para-hydroxylation sites is 1. The van der Waals surface area contributed by atoms with Crippen LogP contribution in [-0.2, 0) is 19.4 Å². The molecule has 1 aliphatic carbocycles. The van der Waals surface area contributed by atoms with Gasteiger partial charge >= 0.3 is 0 Å². The number of hydrogen-bond donors (Lipinski definition) is 1. The average Bonchev–Trinajstić information content (AvgIpc) is 2.53. The summed E-state index contributed by atoms with van der Waals surface area (Å²) in [4.78, 5) is 0. The second-order valence-electron chi connectivity index (χ2n) is 5.40. The van der Waals surface area contributed by atoms with Crippen molar-refractivity contribution < 1.29 is 4.74 Å². The van der Waals surface area contributed by atoms with E-state index in [1.165, 1.54) is 29.5 Å². The molecule has 0 heterocycles. The van der Waals surface area contributed by atoms with Gasteiger partial charge in [0.1, 0.15) is 5.75 Å². The minimum Gasteiger partial charge on any atom is -0.496 e. The number of rotatable bonds is 4. The number of aryl methyl sites for hydroxylation is 1. The molecule has 2 nitrogen and oxygen atoms in total. The number of nitrogens with one attached hydrogen (secondary N) is 1. The fraction of sp³-hybridized carbons (Fsp3) is 0.333. The van der Waals surface area contributed by atoms with Gasteiger partial charge in [-0.1, -0.05) is 42.5 Å². The van der Waals surface area contributed by atoms with Crippen LogP contribution in [0.1, 0.15) is 23.1 Å². The third-order valence-electron chi connectivity index (χ3n) is 4.12. The van der Waals surface area contributed by atoms with Crippen LogP contribution in [0.3, 0.4) is 0 Å². The summed E-state index contributed by atoms with van der Waals surface area (Å²) in [5, 5.41) is 3.67. The molecule has 1 atom stereocenters. The minimum absolute atomic E-state index is 0.565. The molecular formula is C18H21NO. The number of benzene rings is 2. The van der Waals surface area contributed by atoms with Gasteiger partial charge in [0, 0.05) is 18.2 Å². The van der Waals surface area contributed by atoms with Gasteiger partial charge in [0.15, 0.2) is 0 Å². The Labute approximate surface area is 120 Å². The molecule has 0 amide bonds. The molecule has 0 saturated carbocycles. The van der Waals surface area contributed by atoms with Crippen LogP contribution < -0.4 is 10.1 Å². The van der Waals surface area contributed by atoms with Crippen LogP contribution in [0.5, 0.6) is 5.75 Å². The fourth-order valence-corrected chi connectivity index (χ4v) is 2.98. The Balaban J connectivity index is 1.63. The van der Waals surface area contributed by atoms with Gasteiger partial charge in [-0.2, -0.15) is 0 Å². The molecule has 0 fully saturated rings. The summed E-state index contributed by atoms with van der Waals surface area (Å²) in [5.74, 6) is 0.969. The van der Waals surface area contributed by atoms with E-state index >= 15 is 0 Å². The molecular weight excluding hydrogens is 246 g/mol. The zero-order chi connectivity index (χ0) is 13.8. The van der Waals surface area contributed by atoms with Crippen molar-refractivity contribution in [1.29, 1.82) is 0 Å². The number of hydrogen-bond acceptors (Lipinski definition) is 2. The summed E-state index contributed by atoms with van der Waals surface area (Å²) in [5.41, 5.74) is 4.24. The lowest BCUT2D eigenvalue weighted by molar-refractivity contribution is 0.401. The summed E-state index contributed by atoms with van der Waals surface area (Å²) in [6, 6.07) is 17.6. The largest absolute Gasteiger partial charge is 0.496 e. The van der Waals surface area contributed by atoms with Gasteiger partial charge < -0.3 is 10.1 Å². The predicted octanol–water partition coefficient (Wildman–Crippen LogP) is 3.34. The van der Waals surface area contributed by atoms with Gasteiger partial charge in [-0.3, -0.25) is 0 Å². The van der Waals surface area contributed by atoms with E-state index in [0.29, 0.717) is 6.04 Å². The quantitative estimate of drug-likeness (QED) is 0.917. The SMILES string of the molecule is COc1ccccc1CN[C@H]1CCc2ccccc2C1. The Morgan fingerprint density at radius 3 is 2.65 bits per heavy atom. The van der Waals surface area contributed by atoms with Crippen LogP contribution in [0.25, 0.3) is 0 Å². The van der Waals surface area contributed by atoms with E-state index in [4.69, 9.17) is 4.74 Å². The third kappa shape index (κ3) is 2.86. The van der Waals surface area contributed by atoms with Gasteiger partial charge in [-0.15, -0.1) is 0 Å².